The van der Waals surface area contributed by atoms with Gasteiger partial charge in [0.15, 0.2) is 0 Å². The number of carboxylic acids is 1. The van der Waals surface area contributed by atoms with Gasteiger partial charge in [0.2, 0.25) is 0 Å². The summed E-state index contributed by atoms with van der Waals surface area (Å²) >= 11 is 1.88. The monoisotopic (exact) mass is 366 g/mol. The molecule has 0 radical (unpaired) electrons. The molecule has 0 saturated heterocycles. The fraction of sp³-hybridized carbons (Fsp3) is 0.952. The van der Waals surface area contributed by atoms with Crippen LogP contribution in [0.1, 0.15) is 65.2 Å². The van der Waals surface area contributed by atoms with Gasteiger partial charge in [0.25, 0.3) is 0 Å². The van der Waals surface area contributed by atoms with E-state index in [1.54, 1.807) is 0 Å². The van der Waals surface area contributed by atoms with Crippen LogP contribution >= 0.6 is 11.8 Å². The second-order valence-electron chi connectivity index (χ2n) is 10.1. The summed E-state index contributed by atoms with van der Waals surface area (Å²) in [5.74, 6) is 2.36. The van der Waals surface area contributed by atoms with Crippen molar-refractivity contribution in [3.63, 3.8) is 0 Å². The summed E-state index contributed by atoms with van der Waals surface area (Å²) in [6.45, 7) is 4.39. The summed E-state index contributed by atoms with van der Waals surface area (Å²) in [6.07, 6.45) is 10.7. The molecule has 5 fully saturated rings. The number of carbonyl (C=O) groups is 1. The van der Waals surface area contributed by atoms with E-state index in [0.29, 0.717) is 17.8 Å². The Morgan fingerprint density at radius 3 is 2.52 bits per heavy atom. The first-order chi connectivity index (χ1) is 11.8. The van der Waals surface area contributed by atoms with Crippen molar-refractivity contribution in [2.24, 2.45) is 39.9 Å². The summed E-state index contributed by atoms with van der Waals surface area (Å²) in [4.78, 5) is 12.1. The van der Waals surface area contributed by atoms with Crippen LogP contribution in [0.5, 0.6) is 0 Å². The van der Waals surface area contributed by atoms with Crippen LogP contribution in [0.25, 0.3) is 0 Å². The Labute approximate surface area is 156 Å². The highest BCUT2D eigenvalue weighted by Crippen LogP contribution is 2.72. The Morgan fingerprint density at radius 1 is 1.12 bits per heavy atom. The molecule has 1 spiro atoms. The molecular formula is C21H34O3S. The largest absolute Gasteiger partial charge is 0.481 e. The zero-order valence-corrected chi connectivity index (χ0v) is 16.8. The van der Waals surface area contributed by atoms with Crippen LogP contribution in [0.15, 0.2) is 0 Å². The molecule has 3 nitrogen and oxygen atoms in total. The van der Waals surface area contributed by atoms with E-state index in [0.717, 1.165) is 37.9 Å². The Kier molecular flexibility index (Phi) is 4.28. The van der Waals surface area contributed by atoms with Gasteiger partial charge in [0.05, 0.1) is 11.5 Å². The fourth-order valence-electron chi connectivity index (χ4n) is 8.15. The SMILES string of the molecule is CSC[C@H]1[C@@H]2CC[C@@]3(CC[C@H]4[C@@](C)(CCC[C@@]4(C)C(=O)O)[C@@H]3C2)[C@@H]1O. The number of carboxylic acid groups (broad SMARTS) is 1. The molecule has 5 saturated carbocycles. The minimum Gasteiger partial charge on any atom is -0.481 e. The molecule has 0 aliphatic heterocycles. The topological polar surface area (TPSA) is 57.5 Å². The number of aliphatic carboxylic acids is 1. The predicted molar refractivity (Wildman–Crippen MR) is 102 cm³/mol. The molecule has 0 unspecified atom stereocenters. The van der Waals surface area contributed by atoms with Gasteiger partial charge >= 0.3 is 5.97 Å². The lowest BCUT2D eigenvalue weighted by molar-refractivity contribution is -0.241. The summed E-state index contributed by atoms with van der Waals surface area (Å²) in [5, 5.41) is 21.4. The van der Waals surface area contributed by atoms with E-state index in [2.05, 4.69) is 13.2 Å². The molecule has 8 atom stereocenters. The van der Waals surface area contributed by atoms with Gasteiger partial charge in [-0.25, -0.2) is 0 Å². The number of aliphatic hydroxyl groups is 1. The van der Waals surface area contributed by atoms with Crippen LogP contribution in [0.2, 0.25) is 0 Å². The molecule has 5 rings (SSSR count). The second kappa shape index (κ2) is 5.89. The Bertz CT molecular complexity index is 565. The van der Waals surface area contributed by atoms with Crippen LogP contribution in [0.4, 0.5) is 0 Å². The van der Waals surface area contributed by atoms with Crippen molar-refractivity contribution in [1.29, 1.82) is 0 Å². The standard InChI is InChI=1S/C21H34O3S/c1-19-7-4-8-20(2,18(23)24)15(19)6-10-21-9-5-13(11-16(19)21)14(12-25-3)17(21)22/h13-17,22H,4-12H2,1-3H3,(H,23,24)/t13-,14+,15+,16+,17-,19-,20-,21+/m1/s1. The average Bonchev–Trinajstić information content (AvgIpc) is 2.57. The van der Waals surface area contributed by atoms with E-state index in [4.69, 9.17) is 0 Å². The molecule has 0 amide bonds. The average molecular weight is 367 g/mol. The third-order valence-corrected chi connectivity index (χ3v) is 10.1. The van der Waals surface area contributed by atoms with Gasteiger partial charge < -0.3 is 10.2 Å². The second-order valence-corrected chi connectivity index (χ2v) is 11.0. The van der Waals surface area contributed by atoms with Crippen molar-refractivity contribution in [2.75, 3.05) is 12.0 Å². The molecule has 5 aliphatic carbocycles. The van der Waals surface area contributed by atoms with E-state index in [1.165, 1.54) is 19.3 Å². The molecule has 142 valence electrons. The van der Waals surface area contributed by atoms with Gasteiger partial charge in [-0.05, 0) is 98.4 Å². The highest BCUT2D eigenvalue weighted by molar-refractivity contribution is 7.98. The van der Waals surface area contributed by atoms with E-state index in [9.17, 15) is 15.0 Å². The van der Waals surface area contributed by atoms with Gasteiger partial charge in [-0.15, -0.1) is 0 Å². The molecular weight excluding hydrogens is 332 g/mol. The first-order valence-corrected chi connectivity index (χ1v) is 11.6. The Balaban J connectivity index is 1.72. The number of hydrogen-bond acceptors (Lipinski definition) is 3. The maximum atomic E-state index is 12.1. The number of thioether (sulfide) groups is 1. The molecule has 2 bridgehead atoms. The molecule has 2 N–H and O–H groups in total. The van der Waals surface area contributed by atoms with E-state index < -0.39 is 11.4 Å². The molecule has 0 aromatic carbocycles. The van der Waals surface area contributed by atoms with Gasteiger partial charge in [0.1, 0.15) is 0 Å². The lowest BCUT2D eigenvalue weighted by Gasteiger charge is -2.70. The van der Waals surface area contributed by atoms with Crippen LogP contribution in [0, 0.1) is 39.9 Å². The minimum atomic E-state index is -0.596. The van der Waals surface area contributed by atoms with Crippen molar-refractivity contribution in [3.05, 3.63) is 0 Å². The van der Waals surface area contributed by atoms with Crippen molar-refractivity contribution in [1.82, 2.24) is 0 Å². The maximum Gasteiger partial charge on any atom is 0.309 e. The smallest absolute Gasteiger partial charge is 0.309 e. The zero-order chi connectivity index (χ0) is 18.0. The third kappa shape index (κ3) is 2.25. The summed E-state index contributed by atoms with van der Waals surface area (Å²) in [5.41, 5.74) is -0.417. The molecule has 0 heterocycles. The van der Waals surface area contributed by atoms with Gasteiger partial charge in [-0.1, -0.05) is 13.3 Å². The number of fused-ring (bicyclic) bond motifs is 3. The van der Waals surface area contributed by atoms with E-state index >= 15 is 0 Å². The van der Waals surface area contributed by atoms with E-state index in [-0.39, 0.29) is 22.9 Å². The Morgan fingerprint density at radius 2 is 1.84 bits per heavy atom. The summed E-state index contributed by atoms with van der Waals surface area (Å²) in [7, 11) is 0. The minimum absolute atomic E-state index is 0.0666. The lowest BCUT2D eigenvalue weighted by atomic mass is 9.35. The summed E-state index contributed by atoms with van der Waals surface area (Å²) < 4.78 is 0. The first kappa shape index (κ1) is 18.2. The van der Waals surface area contributed by atoms with Crippen molar-refractivity contribution in [2.45, 2.75) is 71.3 Å². The number of hydrogen-bond donors (Lipinski definition) is 2. The van der Waals surface area contributed by atoms with Crippen molar-refractivity contribution in [3.8, 4) is 0 Å². The quantitative estimate of drug-likeness (QED) is 0.775. The fourth-order valence-corrected chi connectivity index (χ4v) is 8.99. The normalized spacial score (nSPS) is 54.6. The van der Waals surface area contributed by atoms with Crippen molar-refractivity contribution < 1.29 is 15.0 Å². The highest BCUT2D eigenvalue weighted by atomic mass is 32.2. The predicted octanol–water partition coefficient (Wildman–Crippen LogP) is 4.43. The zero-order valence-electron chi connectivity index (χ0n) is 16.0. The van der Waals surface area contributed by atoms with Crippen LogP contribution in [-0.2, 0) is 4.79 Å². The van der Waals surface area contributed by atoms with Gasteiger partial charge in [-0.2, -0.15) is 11.8 Å². The van der Waals surface area contributed by atoms with E-state index in [1.807, 2.05) is 18.7 Å². The van der Waals surface area contributed by atoms with Gasteiger partial charge in [-0.3, -0.25) is 4.79 Å². The van der Waals surface area contributed by atoms with Crippen molar-refractivity contribution >= 4 is 17.7 Å². The molecule has 0 aromatic rings. The highest BCUT2D eigenvalue weighted by Gasteiger charge is 2.68. The lowest BCUT2D eigenvalue weighted by Crippen LogP contribution is -2.67. The third-order valence-electron chi connectivity index (χ3n) is 9.33. The van der Waals surface area contributed by atoms with Crippen LogP contribution in [-0.4, -0.2) is 34.3 Å². The number of rotatable bonds is 3. The first-order valence-electron chi connectivity index (χ1n) is 10.2. The van der Waals surface area contributed by atoms with Crippen LogP contribution in [0.3, 0.4) is 0 Å². The Hall–Kier alpha value is -0.220. The molecule has 5 aliphatic rings. The van der Waals surface area contributed by atoms with Crippen LogP contribution < -0.4 is 0 Å². The maximum absolute atomic E-state index is 12.1. The summed E-state index contributed by atoms with van der Waals surface area (Å²) in [6, 6.07) is 0. The van der Waals surface area contributed by atoms with Gasteiger partial charge in [0, 0.05) is 0 Å². The number of aliphatic hydroxyl groups excluding tert-OH is 1. The molecule has 4 heteroatoms. The molecule has 0 aromatic heterocycles. The molecule has 25 heavy (non-hydrogen) atoms.